The minimum absolute atomic E-state index is 0.115. The zero-order chi connectivity index (χ0) is 18.9. The van der Waals surface area contributed by atoms with E-state index < -0.39 is 0 Å². The minimum atomic E-state index is -0.150. The van der Waals surface area contributed by atoms with E-state index in [1.807, 2.05) is 45.3 Å². The lowest BCUT2D eigenvalue weighted by molar-refractivity contribution is 0.0939. The molecule has 2 aromatic carbocycles. The molecule has 2 N–H and O–H groups in total. The first-order valence-electron chi connectivity index (χ1n) is 8.82. The molecular formula is C21H27N3O2. The van der Waals surface area contributed by atoms with Crippen LogP contribution < -0.4 is 10.6 Å². The van der Waals surface area contributed by atoms with Crippen LogP contribution in [-0.2, 0) is 6.54 Å². The van der Waals surface area contributed by atoms with Gasteiger partial charge in [0.1, 0.15) is 0 Å². The largest absolute Gasteiger partial charge is 0.352 e. The third-order valence-electron chi connectivity index (χ3n) is 4.05. The number of carbonyl (C=O) groups is 2. The molecule has 0 aliphatic rings. The molecule has 0 bridgehead atoms. The first-order chi connectivity index (χ1) is 12.5. The number of hydrogen-bond donors (Lipinski definition) is 2. The first-order valence-corrected chi connectivity index (χ1v) is 8.82. The van der Waals surface area contributed by atoms with Crippen LogP contribution in [0.2, 0.25) is 0 Å². The smallest absolute Gasteiger partial charge is 0.251 e. The van der Waals surface area contributed by atoms with Crippen molar-refractivity contribution in [1.82, 2.24) is 15.5 Å². The Hall–Kier alpha value is -2.66. The van der Waals surface area contributed by atoms with E-state index in [-0.39, 0.29) is 11.8 Å². The Labute approximate surface area is 155 Å². The molecule has 5 nitrogen and oxygen atoms in total. The van der Waals surface area contributed by atoms with E-state index in [9.17, 15) is 9.59 Å². The number of rotatable bonds is 8. The van der Waals surface area contributed by atoms with Crippen LogP contribution in [0.4, 0.5) is 0 Å². The minimum Gasteiger partial charge on any atom is -0.352 e. The molecule has 2 amide bonds. The van der Waals surface area contributed by atoms with Gasteiger partial charge in [0.15, 0.2) is 0 Å². The molecule has 0 unspecified atom stereocenters. The van der Waals surface area contributed by atoms with E-state index in [1.54, 1.807) is 24.3 Å². The molecule has 0 radical (unpaired) electrons. The molecule has 0 aromatic heterocycles. The summed E-state index contributed by atoms with van der Waals surface area (Å²) in [5.41, 5.74) is 3.35. The summed E-state index contributed by atoms with van der Waals surface area (Å²) in [4.78, 5) is 26.4. The Morgan fingerprint density at radius 3 is 1.92 bits per heavy atom. The number of benzene rings is 2. The molecule has 0 saturated heterocycles. The van der Waals surface area contributed by atoms with Gasteiger partial charge in [-0.25, -0.2) is 0 Å². The maximum Gasteiger partial charge on any atom is 0.251 e. The topological polar surface area (TPSA) is 61.4 Å². The normalized spacial score (nSPS) is 10.6. The van der Waals surface area contributed by atoms with Crippen molar-refractivity contribution in [3.05, 3.63) is 70.8 Å². The van der Waals surface area contributed by atoms with E-state index in [4.69, 9.17) is 0 Å². The highest BCUT2D eigenvalue weighted by molar-refractivity contribution is 5.97. The van der Waals surface area contributed by atoms with Gasteiger partial charge in [-0.3, -0.25) is 9.59 Å². The molecule has 0 atom stereocenters. The molecule has 2 rings (SSSR count). The second-order valence-corrected chi connectivity index (χ2v) is 6.66. The van der Waals surface area contributed by atoms with Gasteiger partial charge in [-0.05, 0) is 63.8 Å². The molecule has 26 heavy (non-hydrogen) atoms. The van der Waals surface area contributed by atoms with Crippen LogP contribution in [0.25, 0.3) is 0 Å². The van der Waals surface area contributed by atoms with Crippen molar-refractivity contribution < 1.29 is 9.59 Å². The average molecular weight is 353 g/mol. The third-order valence-corrected chi connectivity index (χ3v) is 4.05. The van der Waals surface area contributed by atoms with Crippen molar-refractivity contribution in [1.29, 1.82) is 0 Å². The standard InChI is InChI=1S/C21H27N3O2/c1-16-5-7-17(8-6-16)15-23-21(26)19-11-9-18(10-12-19)20(25)22-13-4-14-24(2)3/h5-12H,4,13-15H2,1-3H3,(H,22,25)(H,23,26). The van der Waals surface area contributed by atoms with Gasteiger partial charge in [0.05, 0.1) is 0 Å². The van der Waals surface area contributed by atoms with Gasteiger partial charge in [-0.1, -0.05) is 29.8 Å². The van der Waals surface area contributed by atoms with E-state index in [0.29, 0.717) is 24.2 Å². The maximum atomic E-state index is 12.2. The van der Waals surface area contributed by atoms with E-state index in [0.717, 1.165) is 18.5 Å². The van der Waals surface area contributed by atoms with Gasteiger partial charge in [0.25, 0.3) is 11.8 Å². The van der Waals surface area contributed by atoms with Gasteiger partial charge >= 0.3 is 0 Å². The summed E-state index contributed by atoms with van der Waals surface area (Å²) in [5, 5.41) is 5.78. The number of carbonyl (C=O) groups excluding carboxylic acids is 2. The molecule has 2 aromatic rings. The Morgan fingerprint density at radius 2 is 1.38 bits per heavy atom. The van der Waals surface area contributed by atoms with Crippen molar-refractivity contribution in [2.75, 3.05) is 27.2 Å². The molecule has 138 valence electrons. The first kappa shape index (κ1) is 19.7. The van der Waals surface area contributed by atoms with Gasteiger partial charge in [0.2, 0.25) is 0 Å². The highest BCUT2D eigenvalue weighted by Gasteiger charge is 2.08. The zero-order valence-electron chi connectivity index (χ0n) is 15.7. The molecule has 5 heteroatoms. The van der Waals surface area contributed by atoms with Gasteiger partial charge in [0, 0.05) is 24.2 Å². The van der Waals surface area contributed by atoms with Crippen molar-refractivity contribution >= 4 is 11.8 Å². The lowest BCUT2D eigenvalue weighted by Gasteiger charge is -2.10. The van der Waals surface area contributed by atoms with Crippen LogP contribution in [0, 0.1) is 6.92 Å². The summed E-state index contributed by atoms with van der Waals surface area (Å²) >= 11 is 0. The van der Waals surface area contributed by atoms with Crippen LogP contribution >= 0.6 is 0 Å². The fourth-order valence-electron chi connectivity index (χ4n) is 2.46. The summed E-state index contributed by atoms with van der Waals surface area (Å²) in [6.45, 7) is 4.08. The Balaban J connectivity index is 1.82. The lowest BCUT2D eigenvalue weighted by Crippen LogP contribution is -2.27. The number of hydrogen-bond acceptors (Lipinski definition) is 3. The molecule has 0 spiro atoms. The molecule has 0 heterocycles. The van der Waals surface area contributed by atoms with Crippen LogP contribution in [0.3, 0.4) is 0 Å². The molecule has 0 aliphatic heterocycles. The number of aryl methyl sites for hydroxylation is 1. The SMILES string of the molecule is Cc1ccc(CNC(=O)c2ccc(C(=O)NCCCN(C)C)cc2)cc1. The molecule has 0 fully saturated rings. The van der Waals surface area contributed by atoms with Crippen molar-refractivity contribution in [3.8, 4) is 0 Å². The van der Waals surface area contributed by atoms with Crippen LogP contribution in [-0.4, -0.2) is 43.9 Å². The Morgan fingerprint density at radius 1 is 0.846 bits per heavy atom. The van der Waals surface area contributed by atoms with Crippen molar-refractivity contribution in [2.24, 2.45) is 0 Å². The fourth-order valence-corrected chi connectivity index (χ4v) is 2.46. The maximum absolute atomic E-state index is 12.2. The number of nitrogens with zero attached hydrogens (tertiary/aromatic N) is 1. The second-order valence-electron chi connectivity index (χ2n) is 6.66. The highest BCUT2D eigenvalue weighted by atomic mass is 16.2. The monoisotopic (exact) mass is 353 g/mol. The third kappa shape index (κ3) is 6.33. The Kier molecular flexibility index (Phi) is 7.36. The van der Waals surface area contributed by atoms with Gasteiger partial charge in [-0.2, -0.15) is 0 Å². The summed E-state index contributed by atoms with van der Waals surface area (Å²) in [7, 11) is 4.01. The van der Waals surface area contributed by atoms with Crippen LogP contribution in [0.1, 0.15) is 38.3 Å². The fraction of sp³-hybridized carbons (Fsp3) is 0.333. The van der Waals surface area contributed by atoms with Gasteiger partial charge in [-0.15, -0.1) is 0 Å². The van der Waals surface area contributed by atoms with Crippen molar-refractivity contribution in [3.63, 3.8) is 0 Å². The number of amides is 2. The van der Waals surface area contributed by atoms with Gasteiger partial charge < -0.3 is 15.5 Å². The summed E-state index contributed by atoms with van der Waals surface area (Å²) in [6.07, 6.45) is 0.901. The molecule has 0 aliphatic carbocycles. The Bertz CT molecular complexity index is 722. The highest BCUT2D eigenvalue weighted by Crippen LogP contribution is 2.06. The predicted octanol–water partition coefficient (Wildman–Crippen LogP) is 2.61. The molecular weight excluding hydrogens is 326 g/mol. The van der Waals surface area contributed by atoms with E-state index >= 15 is 0 Å². The summed E-state index contributed by atoms with van der Waals surface area (Å²) in [6, 6.07) is 14.8. The van der Waals surface area contributed by atoms with E-state index in [1.165, 1.54) is 5.56 Å². The van der Waals surface area contributed by atoms with E-state index in [2.05, 4.69) is 15.5 Å². The van der Waals surface area contributed by atoms with Crippen molar-refractivity contribution in [2.45, 2.75) is 19.9 Å². The summed E-state index contributed by atoms with van der Waals surface area (Å²) < 4.78 is 0. The average Bonchev–Trinajstić information content (AvgIpc) is 2.64. The second kappa shape index (κ2) is 9.73. The zero-order valence-corrected chi connectivity index (χ0v) is 15.7. The molecule has 0 saturated carbocycles. The van der Waals surface area contributed by atoms with Crippen LogP contribution in [0.5, 0.6) is 0 Å². The predicted molar refractivity (Wildman–Crippen MR) is 104 cm³/mol. The summed E-state index contributed by atoms with van der Waals surface area (Å²) in [5.74, 6) is -0.265. The quantitative estimate of drug-likeness (QED) is 0.717. The number of nitrogens with one attached hydrogen (secondary N) is 2. The lowest BCUT2D eigenvalue weighted by atomic mass is 10.1. The van der Waals surface area contributed by atoms with Crippen LogP contribution in [0.15, 0.2) is 48.5 Å².